The molecule has 2 aliphatic carbocycles. The molecule has 1 aliphatic heterocycles. The molecule has 1 saturated heterocycles. The van der Waals surface area contributed by atoms with Crippen LogP contribution in [0.3, 0.4) is 0 Å². The SMILES string of the molecule is CCC(Oc1cc(C(=O)OCCN2CCOCC2)ccc1C(F)(F)F)OC1CC2CCC1C2. The number of esters is 1. The van der Waals surface area contributed by atoms with Gasteiger partial charge in [-0.05, 0) is 55.7 Å². The lowest BCUT2D eigenvalue weighted by atomic mass is 9.98. The minimum atomic E-state index is -4.61. The van der Waals surface area contributed by atoms with Crippen LogP contribution in [0.15, 0.2) is 18.2 Å². The lowest BCUT2D eigenvalue weighted by molar-refractivity contribution is -0.151. The number of halogens is 3. The van der Waals surface area contributed by atoms with E-state index < -0.39 is 29.7 Å². The number of nitrogens with zero attached hydrogens (tertiary/aromatic N) is 1. The fourth-order valence-corrected chi connectivity index (χ4v) is 5.05. The molecule has 1 heterocycles. The van der Waals surface area contributed by atoms with Crippen molar-refractivity contribution in [3.63, 3.8) is 0 Å². The first-order valence-corrected chi connectivity index (χ1v) is 11.8. The first-order valence-electron chi connectivity index (χ1n) is 11.8. The second-order valence-electron chi connectivity index (χ2n) is 9.10. The van der Waals surface area contributed by atoms with E-state index in [0.29, 0.717) is 38.0 Å². The molecule has 4 unspecified atom stereocenters. The molecule has 0 spiro atoms. The Bertz CT molecular complexity index is 812. The van der Waals surface area contributed by atoms with Crippen molar-refractivity contribution >= 4 is 5.97 Å². The summed E-state index contributed by atoms with van der Waals surface area (Å²) in [6.07, 6.45) is -0.619. The number of carbonyl (C=O) groups excluding carboxylic acids is 1. The summed E-state index contributed by atoms with van der Waals surface area (Å²) >= 11 is 0. The number of alkyl halides is 3. The zero-order valence-electron chi connectivity index (χ0n) is 18.9. The summed E-state index contributed by atoms with van der Waals surface area (Å²) in [6, 6.07) is 3.12. The van der Waals surface area contributed by atoms with Gasteiger partial charge in [-0.15, -0.1) is 0 Å². The van der Waals surface area contributed by atoms with Gasteiger partial charge >= 0.3 is 12.1 Å². The van der Waals surface area contributed by atoms with Crippen molar-refractivity contribution < 1.29 is 36.9 Å². The van der Waals surface area contributed by atoms with Crippen molar-refractivity contribution in [2.24, 2.45) is 11.8 Å². The molecule has 184 valence electrons. The van der Waals surface area contributed by atoms with E-state index in [-0.39, 0.29) is 18.3 Å². The van der Waals surface area contributed by atoms with Crippen LogP contribution in [0.25, 0.3) is 0 Å². The lowest BCUT2D eigenvalue weighted by Gasteiger charge is -2.28. The molecule has 2 bridgehead atoms. The van der Waals surface area contributed by atoms with Gasteiger partial charge in [-0.1, -0.05) is 6.92 Å². The molecule has 1 aromatic carbocycles. The molecule has 0 aromatic heterocycles. The molecule has 0 N–H and O–H groups in total. The summed E-state index contributed by atoms with van der Waals surface area (Å²) in [6.45, 7) is 5.31. The van der Waals surface area contributed by atoms with Crippen molar-refractivity contribution in [2.45, 2.75) is 57.6 Å². The topological polar surface area (TPSA) is 57.2 Å². The molecular weight excluding hydrogens is 439 g/mol. The maximum Gasteiger partial charge on any atom is 0.419 e. The van der Waals surface area contributed by atoms with E-state index in [4.69, 9.17) is 18.9 Å². The third kappa shape index (κ3) is 6.19. The van der Waals surface area contributed by atoms with E-state index in [2.05, 4.69) is 4.90 Å². The number of morpholine rings is 1. The number of fused-ring (bicyclic) bond motifs is 2. The van der Waals surface area contributed by atoms with Gasteiger partial charge in [-0.25, -0.2) is 4.79 Å². The highest BCUT2D eigenvalue weighted by molar-refractivity contribution is 5.90. The molecule has 0 radical (unpaired) electrons. The van der Waals surface area contributed by atoms with Crippen LogP contribution in [0.1, 0.15) is 54.9 Å². The highest BCUT2D eigenvalue weighted by atomic mass is 19.4. The summed E-state index contributed by atoms with van der Waals surface area (Å²) in [5, 5.41) is 0. The summed E-state index contributed by atoms with van der Waals surface area (Å²) < 4.78 is 63.2. The molecule has 3 aliphatic rings. The Morgan fingerprint density at radius 1 is 1.21 bits per heavy atom. The average molecular weight is 472 g/mol. The quantitative estimate of drug-likeness (QED) is 0.390. The zero-order valence-corrected chi connectivity index (χ0v) is 18.9. The fraction of sp³-hybridized carbons (Fsp3) is 0.708. The van der Waals surface area contributed by atoms with Crippen LogP contribution in [-0.2, 0) is 20.4 Å². The van der Waals surface area contributed by atoms with Crippen molar-refractivity contribution in [3.05, 3.63) is 29.3 Å². The highest BCUT2D eigenvalue weighted by Crippen LogP contribution is 2.46. The van der Waals surface area contributed by atoms with Crippen molar-refractivity contribution in [3.8, 4) is 5.75 Å². The Balaban J connectivity index is 1.41. The third-order valence-electron chi connectivity index (χ3n) is 6.86. The standard InChI is InChI=1S/C24H32F3NO5/c1-2-22(32-20-14-16-3-4-17(20)13-16)33-21-15-18(5-6-19(21)24(25,26)27)23(29)31-12-9-28-7-10-30-11-8-28/h5-6,15-17,20,22H,2-4,7-14H2,1H3. The summed E-state index contributed by atoms with van der Waals surface area (Å²) in [5.74, 6) is 0.0327. The Morgan fingerprint density at radius 2 is 2.00 bits per heavy atom. The van der Waals surface area contributed by atoms with Crippen LogP contribution in [0.2, 0.25) is 0 Å². The van der Waals surface area contributed by atoms with Crippen LogP contribution < -0.4 is 4.74 Å². The van der Waals surface area contributed by atoms with E-state index in [1.807, 2.05) is 6.92 Å². The Morgan fingerprint density at radius 3 is 2.64 bits per heavy atom. The van der Waals surface area contributed by atoms with Crippen molar-refractivity contribution in [1.29, 1.82) is 0 Å². The first kappa shape index (κ1) is 24.3. The Labute approximate surface area is 192 Å². The maximum atomic E-state index is 13.6. The van der Waals surface area contributed by atoms with Crippen LogP contribution >= 0.6 is 0 Å². The predicted molar refractivity (Wildman–Crippen MR) is 114 cm³/mol. The second-order valence-corrected chi connectivity index (χ2v) is 9.10. The largest absolute Gasteiger partial charge is 0.464 e. The molecule has 2 saturated carbocycles. The highest BCUT2D eigenvalue weighted by Gasteiger charge is 2.42. The molecular formula is C24H32F3NO5. The second kappa shape index (κ2) is 10.6. The van der Waals surface area contributed by atoms with Gasteiger partial charge in [-0.3, -0.25) is 4.90 Å². The number of carbonyl (C=O) groups is 1. The van der Waals surface area contributed by atoms with Crippen molar-refractivity contribution in [2.75, 3.05) is 39.5 Å². The number of rotatable bonds is 9. The number of hydrogen-bond donors (Lipinski definition) is 0. The lowest BCUT2D eigenvalue weighted by Crippen LogP contribution is -2.38. The average Bonchev–Trinajstić information content (AvgIpc) is 3.42. The van der Waals surface area contributed by atoms with Crippen LogP contribution in [0, 0.1) is 11.8 Å². The summed E-state index contributed by atoms with van der Waals surface area (Å²) in [5.41, 5.74) is -0.905. The van der Waals surface area contributed by atoms with Crippen LogP contribution in [0.5, 0.6) is 5.75 Å². The van der Waals surface area contributed by atoms with Gasteiger partial charge < -0.3 is 18.9 Å². The molecule has 6 nitrogen and oxygen atoms in total. The smallest absolute Gasteiger partial charge is 0.419 e. The summed E-state index contributed by atoms with van der Waals surface area (Å²) in [7, 11) is 0. The minimum absolute atomic E-state index is 0.0229. The number of benzene rings is 1. The van der Waals surface area contributed by atoms with Gasteiger partial charge in [0.2, 0.25) is 0 Å². The monoisotopic (exact) mass is 471 g/mol. The van der Waals surface area contributed by atoms with E-state index in [9.17, 15) is 18.0 Å². The molecule has 0 amide bonds. The third-order valence-corrected chi connectivity index (χ3v) is 6.86. The number of ether oxygens (including phenoxy) is 4. The molecule has 4 atom stereocenters. The Kier molecular flexibility index (Phi) is 7.81. The predicted octanol–water partition coefficient (Wildman–Crippen LogP) is 4.51. The molecule has 33 heavy (non-hydrogen) atoms. The van der Waals surface area contributed by atoms with Gasteiger partial charge in [0, 0.05) is 26.1 Å². The normalized spacial score (nSPS) is 26.4. The number of hydrogen-bond acceptors (Lipinski definition) is 6. The van der Waals surface area contributed by atoms with E-state index in [1.165, 1.54) is 6.42 Å². The Hall–Kier alpha value is -1.84. The summed E-state index contributed by atoms with van der Waals surface area (Å²) in [4.78, 5) is 14.6. The van der Waals surface area contributed by atoms with E-state index >= 15 is 0 Å². The maximum absolute atomic E-state index is 13.6. The first-order chi connectivity index (χ1) is 15.8. The van der Waals surface area contributed by atoms with Crippen molar-refractivity contribution in [1.82, 2.24) is 4.90 Å². The van der Waals surface area contributed by atoms with Crippen LogP contribution in [0.4, 0.5) is 13.2 Å². The fourth-order valence-electron chi connectivity index (χ4n) is 5.05. The molecule has 4 rings (SSSR count). The van der Waals surface area contributed by atoms with E-state index in [1.54, 1.807) is 0 Å². The molecule has 1 aromatic rings. The zero-order chi connectivity index (χ0) is 23.4. The van der Waals surface area contributed by atoms with Gasteiger partial charge in [0.25, 0.3) is 0 Å². The van der Waals surface area contributed by atoms with E-state index in [0.717, 1.165) is 50.6 Å². The molecule has 3 fully saturated rings. The van der Waals surface area contributed by atoms with Gasteiger partial charge in [0.05, 0.1) is 30.4 Å². The van der Waals surface area contributed by atoms with Gasteiger partial charge in [0.1, 0.15) is 12.4 Å². The van der Waals surface area contributed by atoms with Gasteiger partial charge in [-0.2, -0.15) is 13.2 Å². The van der Waals surface area contributed by atoms with Crippen LogP contribution in [-0.4, -0.2) is 62.7 Å². The molecule has 9 heteroatoms. The van der Waals surface area contributed by atoms with Gasteiger partial charge in [0.15, 0.2) is 6.29 Å². The minimum Gasteiger partial charge on any atom is -0.464 e.